The molecule has 5 heteroatoms. The average Bonchev–Trinajstić information content (AvgIpc) is 3.36. The van der Waals surface area contributed by atoms with E-state index in [1.165, 1.54) is 6.42 Å². The molecule has 126 valence electrons. The van der Waals surface area contributed by atoms with Gasteiger partial charge in [0.1, 0.15) is 0 Å². The van der Waals surface area contributed by atoms with Crippen molar-refractivity contribution in [3.05, 3.63) is 33.8 Å². The van der Waals surface area contributed by atoms with Gasteiger partial charge in [0.15, 0.2) is 0 Å². The summed E-state index contributed by atoms with van der Waals surface area (Å²) < 4.78 is 0. The number of carbonyl (C=O) groups excluding carboxylic acids is 1. The molecule has 23 heavy (non-hydrogen) atoms. The summed E-state index contributed by atoms with van der Waals surface area (Å²) in [6, 6.07) is 5.73. The van der Waals surface area contributed by atoms with Crippen LogP contribution in [0.2, 0.25) is 10.0 Å². The molecule has 0 bridgehead atoms. The molecule has 3 nitrogen and oxygen atoms in total. The first-order valence-electron chi connectivity index (χ1n) is 8.48. The fourth-order valence-corrected chi connectivity index (χ4v) is 3.91. The van der Waals surface area contributed by atoms with Crippen LogP contribution in [-0.4, -0.2) is 37.5 Å². The molecule has 2 aliphatic rings. The Labute approximate surface area is 148 Å². The average molecular weight is 355 g/mol. The second-order valence-electron chi connectivity index (χ2n) is 6.78. The Kier molecular flexibility index (Phi) is 5.50. The van der Waals surface area contributed by atoms with Crippen molar-refractivity contribution >= 4 is 29.1 Å². The zero-order chi connectivity index (χ0) is 16.4. The fourth-order valence-electron chi connectivity index (χ4n) is 3.60. The van der Waals surface area contributed by atoms with Crippen LogP contribution >= 0.6 is 23.2 Å². The van der Waals surface area contributed by atoms with E-state index in [0.29, 0.717) is 21.9 Å². The Morgan fingerprint density at radius 3 is 2.65 bits per heavy atom. The lowest BCUT2D eigenvalue weighted by Crippen LogP contribution is -2.40. The minimum atomic E-state index is 0.140. The van der Waals surface area contributed by atoms with Crippen molar-refractivity contribution in [1.29, 1.82) is 0 Å². The number of benzene rings is 1. The summed E-state index contributed by atoms with van der Waals surface area (Å²) >= 11 is 12.1. The van der Waals surface area contributed by atoms with Crippen LogP contribution in [0, 0.1) is 11.8 Å². The van der Waals surface area contributed by atoms with Crippen molar-refractivity contribution in [2.45, 2.75) is 31.6 Å². The molecule has 1 saturated carbocycles. The molecule has 1 aliphatic heterocycles. The summed E-state index contributed by atoms with van der Waals surface area (Å²) in [6.45, 7) is 2.90. The minimum absolute atomic E-state index is 0.140. The molecule has 3 rings (SSSR count). The monoisotopic (exact) mass is 354 g/mol. The predicted molar refractivity (Wildman–Crippen MR) is 95.2 cm³/mol. The number of rotatable bonds is 5. The number of amides is 1. The highest BCUT2D eigenvalue weighted by atomic mass is 35.5. The molecular weight excluding hydrogens is 331 g/mol. The van der Waals surface area contributed by atoms with Gasteiger partial charge in [0, 0.05) is 19.0 Å². The number of nitrogens with one attached hydrogen (secondary N) is 1. The van der Waals surface area contributed by atoms with E-state index in [2.05, 4.69) is 10.2 Å². The van der Waals surface area contributed by atoms with Crippen LogP contribution in [0.15, 0.2) is 18.2 Å². The Hall–Kier alpha value is -0.770. The van der Waals surface area contributed by atoms with Crippen LogP contribution in [0.5, 0.6) is 0 Å². The van der Waals surface area contributed by atoms with E-state index in [9.17, 15) is 4.79 Å². The highest BCUT2D eigenvalue weighted by Crippen LogP contribution is 2.49. The molecule has 1 saturated heterocycles. The molecule has 1 heterocycles. The minimum Gasteiger partial charge on any atom is -0.342 e. The van der Waals surface area contributed by atoms with Gasteiger partial charge in [0.05, 0.1) is 10.0 Å². The number of likely N-dealkylation sites (tertiary alicyclic amines) is 1. The molecule has 0 aromatic heterocycles. The summed E-state index contributed by atoms with van der Waals surface area (Å²) in [5.74, 6) is 1.55. The number of hydrogen-bond acceptors (Lipinski definition) is 2. The van der Waals surface area contributed by atoms with Gasteiger partial charge in [-0.1, -0.05) is 29.3 Å². The van der Waals surface area contributed by atoms with E-state index in [0.717, 1.165) is 50.4 Å². The molecule has 1 aliphatic carbocycles. The van der Waals surface area contributed by atoms with Crippen LogP contribution in [0.4, 0.5) is 0 Å². The fraction of sp³-hybridized carbons (Fsp3) is 0.611. The Balaban J connectivity index is 1.51. The lowest BCUT2D eigenvalue weighted by Gasteiger charge is -2.32. The van der Waals surface area contributed by atoms with E-state index in [1.54, 1.807) is 0 Å². The number of nitrogens with zero attached hydrogens (tertiary/aromatic N) is 1. The molecule has 1 aromatic carbocycles. The zero-order valence-electron chi connectivity index (χ0n) is 13.5. The highest BCUT2D eigenvalue weighted by Gasteiger charge is 2.46. The molecule has 2 atom stereocenters. The van der Waals surface area contributed by atoms with Crippen molar-refractivity contribution < 1.29 is 4.79 Å². The number of halogens is 2. The maximum atomic E-state index is 12.7. The van der Waals surface area contributed by atoms with Crippen LogP contribution in [0.3, 0.4) is 0 Å². The molecule has 1 amide bonds. The summed E-state index contributed by atoms with van der Waals surface area (Å²) in [7, 11) is 1.99. The molecular formula is C18H24Cl2N2O. The Morgan fingerprint density at radius 1 is 1.26 bits per heavy atom. The predicted octanol–water partition coefficient (Wildman–Crippen LogP) is 3.95. The zero-order valence-corrected chi connectivity index (χ0v) is 15.0. The number of hydrogen-bond donors (Lipinski definition) is 1. The summed E-state index contributed by atoms with van der Waals surface area (Å²) in [5, 5.41) is 4.36. The standard InChI is InChI=1S/C18H24Cl2N2O/c1-21-7-4-12-5-8-22(9-6-12)18(23)15-11-14(15)13-2-3-16(19)17(20)10-13/h2-3,10,12,14-15,21H,4-9,11H2,1H3. The second kappa shape index (κ2) is 7.42. The second-order valence-corrected chi connectivity index (χ2v) is 7.60. The molecule has 2 fully saturated rings. The molecule has 0 spiro atoms. The van der Waals surface area contributed by atoms with Crippen LogP contribution < -0.4 is 5.32 Å². The van der Waals surface area contributed by atoms with Crippen molar-refractivity contribution in [1.82, 2.24) is 10.2 Å². The summed E-state index contributed by atoms with van der Waals surface area (Å²) in [6.07, 6.45) is 4.43. The van der Waals surface area contributed by atoms with Crippen molar-refractivity contribution in [2.24, 2.45) is 11.8 Å². The Morgan fingerprint density at radius 2 is 2.00 bits per heavy atom. The summed E-state index contributed by atoms with van der Waals surface area (Å²) in [5.41, 5.74) is 1.14. The molecule has 0 radical (unpaired) electrons. The van der Waals surface area contributed by atoms with E-state index in [1.807, 2.05) is 25.2 Å². The van der Waals surface area contributed by atoms with Gasteiger partial charge in [-0.05, 0) is 68.8 Å². The van der Waals surface area contributed by atoms with E-state index in [4.69, 9.17) is 23.2 Å². The van der Waals surface area contributed by atoms with Gasteiger partial charge in [-0.15, -0.1) is 0 Å². The van der Waals surface area contributed by atoms with Gasteiger partial charge in [-0.3, -0.25) is 4.79 Å². The van der Waals surface area contributed by atoms with E-state index in [-0.39, 0.29) is 5.92 Å². The molecule has 1 aromatic rings. The quantitative estimate of drug-likeness (QED) is 0.868. The summed E-state index contributed by atoms with van der Waals surface area (Å²) in [4.78, 5) is 14.7. The molecule has 2 unspecified atom stereocenters. The van der Waals surface area contributed by atoms with Crippen molar-refractivity contribution in [3.8, 4) is 0 Å². The lowest BCUT2D eigenvalue weighted by molar-refractivity contribution is -0.134. The van der Waals surface area contributed by atoms with Crippen LogP contribution in [0.25, 0.3) is 0 Å². The normalized spacial score (nSPS) is 24.7. The smallest absolute Gasteiger partial charge is 0.226 e. The largest absolute Gasteiger partial charge is 0.342 e. The van der Waals surface area contributed by atoms with Gasteiger partial charge >= 0.3 is 0 Å². The highest BCUT2D eigenvalue weighted by molar-refractivity contribution is 6.42. The van der Waals surface area contributed by atoms with Gasteiger partial charge in [0.25, 0.3) is 0 Å². The topological polar surface area (TPSA) is 32.3 Å². The van der Waals surface area contributed by atoms with Gasteiger partial charge in [-0.2, -0.15) is 0 Å². The van der Waals surface area contributed by atoms with Crippen LogP contribution in [0.1, 0.15) is 37.2 Å². The lowest BCUT2D eigenvalue weighted by atomic mass is 9.93. The first-order chi connectivity index (χ1) is 11.1. The third-order valence-electron chi connectivity index (χ3n) is 5.21. The maximum absolute atomic E-state index is 12.7. The van der Waals surface area contributed by atoms with Crippen molar-refractivity contribution in [2.75, 3.05) is 26.7 Å². The van der Waals surface area contributed by atoms with Crippen LogP contribution in [-0.2, 0) is 4.79 Å². The Bertz CT molecular complexity index is 570. The first-order valence-corrected chi connectivity index (χ1v) is 9.24. The third kappa shape index (κ3) is 4.01. The SMILES string of the molecule is CNCCC1CCN(C(=O)C2CC2c2ccc(Cl)c(Cl)c2)CC1. The van der Waals surface area contributed by atoms with Gasteiger partial charge < -0.3 is 10.2 Å². The third-order valence-corrected chi connectivity index (χ3v) is 5.95. The maximum Gasteiger partial charge on any atom is 0.226 e. The van der Waals surface area contributed by atoms with Gasteiger partial charge in [0.2, 0.25) is 5.91 Å². The molecule has 1 N–H and O–H groups in total. The van der Waals surface area contributed by atoms with Gasteiger partial charge in [-0.25, -0.2) is 0 Å². The number of piperidine rings is 1. The first kappa shape index (κ1) is 17.1. The number of carbonyl (C=O) groups is 1. The van der Waals surface area contributed by atoms with Crippen molar-refractivity contribution in [3.63, 3.8) is 0 Å². The van der Waals surface area contributed by atoms with E-state index < -0.39 is 0 Å². The van der Waals surface area contributed by atoms with E-state index >= 15 is 0 Å².